The second kappa shape index (κ2) is 5.61. The Labute approximate surface area is 128 Å². The van der Waals surface area contributed by atoms with Crippen LogP contribution in [0, 0.1) is 19.3 Å². The molecule has 0 aliphatic carbocycles. The summed E-state index contributed by atoms with van der Waals surface area (Å²) in [5.74, 6) is 0. The van der Waals surface area contributed by atoms with Gasteiger partial charge in [0.15, 0.2) is 0 Å². The van der Waals surface area contributed by atoms with E-state index in [4.69, 9.17) is 5.73 Å². The summed E-state index contributed by atoms with van der Waals surface area (Å²) in [6.45, 7) is 9.24. The van der Waals surface area contributed by atoms with Crippen LogP contribution in [0.5, 0.6) is 0 Å². The van der Waals surface area contributed by atoms with Gasteiger partial charge >= 0.3 is 0 Å². The van der Waals surface area contributed by atoms with E-state index in [9.17, 15) is 8.42 Å². The molecule has 118 valence electrons. The molecule has 0 radical (unpaired) electrons. The summed E-state index contributed by atoms with van der Waals surface area (Å²) in [5.41, 5.74) is 8.17. The van der Waals surface area contributed by atoms with Crippen LogP contribution in [0.25, 0.3) is 0 Å². The number of hydrogen-bond acceptors (Lipinski definition) is 3. The molecule has 21 heavy (non-hydrogen) atoms. The van der Waals surface area contributed by atoms with Gasteiger partial charge in [-0.2, -0.15) is 4.31 Å². The third-order valence-corrected chi connectivity index (χ3v) is 7.26. The highest BCUT2D eigenvalue weighted by Crippen LogP contribution is 2.40. The Morgan fingerprint density at radius 3 is 2.38 bits per heavy atom. The largest absolute Gasteiger partial charge is 0.398 e. The number of nitrogens with two attached hydrogens (primary N) is 1. The summed E-state index contributed by atoms with van der Waals surface area (Å²) in [4.78, 5) is 0.297. The Bertz CT molecular complexity index is 634. The van der Waals surface area contributed by atoms with Crippen LogP contribution < -0.4 is 5.73 Å². The molecule has 1 heterocycles. The zero-order valence-electron chi connectivity index (χ0n) is 13.4. The van der Waals surface area contributed by atoms with Crippen LogP contribution >= 0.6 is 0 Å². The molecule has 0 unspecified atom stereocenters. The van der Waals surface area contributed by atoms with Crippen molar-refractivity contribution >= 4 is 15.7 Å². The van der Waals surface area contributed by atoms with Crippen molar-refractivity contribution in [2.24, 2.45) is 5.41 Å². The van der Waals surface area contributed by atoms with E-state index in [1.165, 1.54) is 0 Å². The molecule has 1 saturated heterocycles. The van der Waals surface area contributed by atoms with Crippen molar-refractivity contribution in [3.63, 3.8) is 0 Å². The number of anilines is 1. The quantitative estimate of drug-likeness (QED) is 0.869. The van der Waals surface area contributed by atoms with Gasteiger partial charge in [-0.15, -0.1) is 0 Å². The first kappa shape index (κ1) is 16.3. The van der Waals surface area contributed by atoms with Gasteiger partial charge in [-0.3, -0.25) is 0 Å². The zero-order chi connectivity index (χ0) is 15.8. The highest BCUT2D eigenvalue weighted by molar-refractivity contribution is 7.89. The van der Waals surface area contributed by atoms with Crippen LogP contribution in [0.4, 0.5) is 5.69 Å². The second-order valence-electron chi connectivity index (χ2n) is 6.22. The SMILES string of the molecule is CCC1(CC)CCN(S(=O)(=O)c2c(N)ccc(C)c2C)C1. The number of nitrogens with zero attached hydrogens (tertiary/aromatic N) is 1. The topological polar surface area (TPSA) is 63.4 Å². The number of hydrogen-bond donors (Lipinski definition) is 1. The highest BCUT2D eigenvalue weighted by Gasteiger charge is 2.41. The lowest BCUT2D eigenvalue weighted by molar-refractivity contribution is 0.279. The standard InChI is InChI=1S/C16H26N2O2S/c1-5-16(6-2)9-10-18(11-16)21(19,20)15-13(4)12(3)7-8-14(15)17/h7-8H,5-6,9-11,17H2,1-4H3. The summed E-state index contributed by atoms with van der Waals surface area (Å²) in [5, 5.41) is 0. The molecule has 1 aromatic carbocycles. The molecule has 0 bridgehead atoms. The van der Waals surface area contributed by atoms with E-state index in [-0.39, 0.29) is 5.41 Å². The van der Waals surface area contributed by atoms with Gasteiger partial charge in [0.25, 0.3) is 0 Å². The zero-order valence-corrected chi connectivity index (χ0v) is 14.3. The molecule has 5 heteroatoms. The fourth-order valence-corrected chi connectivity index (χ4v) is 5.16. The van der Waals surface area contributed by atoms with Crippen molar-refractivity contribution in [1.29, 1.82) is 0 Å². The average Bonchev–Trinajstić information content (AvgIpc) is 2.89. The van der Waals surface area contributed by atoms with Gasteiger partial charge in [-0.1, -0.05) is 19.9 Å². The molecule has 4 nitrogen and oxygen atoms in total. The Balaban J connectivity index is 2.44. The third-order valence-electron chi connectivity index (χ3n) is 5.21. The van der Waals surface area contributed by atoms with Gasteiger partial charge in [0, 0.05) is 13.1 Å². The molecule has 0 atom stereocenters. The summed E-state index contributed by atoms with van der Waals surface area (Å²) in [6, 6.07) is 3.56. The molecule has 1 aliphatic heterocycles. The lowest BCUT2D eigenvalue weighted by Gasteiger charge is -2.26. The van der Waals surface area contributed by atoms with Crippen molar-refractivity contribution in [3.05, 3.63) is 23.3 Å². The van der Waals surface area contributed by atoms with Crippen LogP contribution in [0.15, 0.2) is 17.0 Å². The Hall–Kier alpha value is -1.07. The summed E-state index contributed by atoms with van der Waals surface area (Å²) in [6.07, 6.45) is 2.96. The maximum atomic E-state index is 13.0. The molecule has 1 aliphatic rings. The molecule has 1 fully saturated rings. The molecule has 0 aromatic heterocycles. The smallest absolute Gasteiger partial charge is 0.245 e. The number of aryl methyl sites for hydroxylation is 1. The molecule has 2 N–H and O–H groups in total. The van der Waals surface area contributed by atoms with E-state index >= 15 is 0 Å². The average molecular weight is 310 g/mol. The minimum absolute atomic E-state index is 0.125. The van der Waals surface area contributed by atoms with Crippen LogP contribution in [-0.2, 0) is 10.0 Å². The number of nitrogen functional groups attached to an aromatic ring is 1. The Kier molecular flexibility index (Phi) is 4.36. The Morgan fingerprint density at radius 2 is 1.86 bits per heavy atom. The molecule has 0 spiro atoms. The third kappa shape index (κ3) is 2.69. The maximum absolute atomic E-state index is 13.0. The predicted molar refractivity (Wildman–Crippen MR) is 86.7 cm³/mol. The van der Waals surface area contributed by atoms with Crippen molar-refractivity contribution in [2.75, 3.05) is 18.8 Å². The van der Waals surface area contributed by atoms with Crippen LogP contribution in [0.2, 0.25) is 0 Å². The van der Waals surface area contributed by atoms with E-state index in [0.717, 1.165) is 30.4 Å². The first-order valence-electron chi connectivity index (χ1n) is 7.63. The van der Waals surface area contributed by atoms with E-state index in [0.29, 0.717) is 23.7 Å². The monoisotopic (exact) mass is 310 g/mol. The molecule has 2 rings (SSSR count). The minimum atomic E-state index is -3.51. The van der Waals surface area contributed by atoms with Crippen molar-refractivity contribution in [3.8, 4) is 0 Å². The normalized spacial score (nSPS) is 19.0. The van der Waals surface area contributed by atoms with Gasteiger partial charge in [-0.25, -0.2) is 8.42 Å². The van der Waals surface area contributed by atoms with E-state index in [1.807, 2.05) is 19.9 Å². The molecular formula is C16H26N2O2S. The van der Waals surface area contributed by atoms with E-state index in [1.54, 1.807) is 10.4 Å². The van der Waals surface area contributed by atoms with Gasteiger partial charge in [0.2, 0.25) is 10.0 Å². The highest BCUT2D eigenvalue weighted by atomic mass is 32.2. The number of sulfonamides is 1. The van der Waals surface area contributed by atoms with Gasteiger partial charge < -0.3 is 5.73 Å². The Morgan fingerprint density at radius 1 is 1.24 bits per heavy atom. The maximum Gasteiger partial charge on any atom is 0.245 e. The van der Waals surface area contributed by atoms with Gasteiger partial charge in [0.1, 0.15) is 4.90 Å². The van der Waals surface area contributed by atoms with Crippen LogP contribution in [0.3, 0.4) is 0 Å². The summed E-state index contributed by atoms with van der Waals surface area (Å²) < 4.78 is 27.6. The van der Waals surface area contributed by atoms with Crippen LogP contribution in [0.1, 0.15) is 44.2 Å². The van der Waals surface area contributed by atoms with Crippen molar-refractivity contribution in [2.45, 2.75) is 51.9 Å². The molecule has 0 saturated carbocycles. The van der Waals surface area contributed by atoms with Gasteiger partial charge in [-0.05, 0) is 55.7 Å². The first-order valence-corrected chi connectivity index (χ1v) is 9.07. The van der Waals surface area contributed by atoms with Gasteiger partial charge in [0.05, 0.1) is 5.69 Å². The van der Waals surface area contributed by atoms with E-state index in [2.05, 4.69) is 13.8 Å². The van der Waals surface area contributed by atoms with Crippen LogP contribution in [-0.4, -0.2) is 25.8 Å². The fourth-order valence-electron chi connectivity index (χ4n) is 3.21. The minimum Gasteiger partial charge on any atom is -0.398 e. The second-order valence-corrected chi connectivity index (χ2v) is 8.10. The lowest BCUT2D eigenvalue weighted by atomic mass is 9.82. The number of rotatable bonds is 4. The van der Waals surface area contributed by atoms with Crippen molar-refractivity contribution < 1.29 is 8.42 Å². The summed E-state index contributed by atoms with van der Waals surface area (Å²) >= 11 is 0. The van der Waals surface area contributed by atoms with Crippen molar-refractivity contribution in [1.82, 2.24) is 4.31 Å². The molecule has 0 amide bonds. The number of benzene rings is 1. The molecular weight excluding hydrogens is 284 g/mol. The summed E-state index contributed by atoms with van der Waals surface area (Å²) in [7, 11) is -3.51. The lowest BCUT2D eigenvalue weighted by Crippen LogP contribution is -2.32. The molecule has 1 aromatic rings. The fraction of sp³-hybridized carbons (Fsp3) is 0.625. The first-order chi connectivity index (χ1) is 9.77. The van der Waals surface area contributed by atoms with E-state index < -0.39 is 10.0 Å². The predicted octanol–water partition coefficient (Wildman–Crippen LogP) is 3.09.